The van der Waals surface area contributed by atoms with Crippen LogP contribution >= 0.6 is 6.72 Å². The number of hydrogen-bond acceptors (Lipinski definition) is 5. The van der Waals surface area contributed by atoms with Gasteiger partial charge in [-0.2, -0.15) is 0 Å². The van der Waals surface area contributed by atoms with Crippen LogP contribution in [0.3, 0.4) is 0 Å². The molecule has 0 saturated carbocycles. The lowest BCUT2D eigenvalue weighted by molar-refractivity contribution is 0.140. The highest BCUT2D eigenvalue weighted by molar-refractivity contribution is 8.07. The minimum Gasteiger partial charge on any atom is -0.309 e. The number of nitrogens with zero attached hydrogens (tertiary/aromatic N) is 1. The summed E-state index contributed by atoms with van der Waals surface area (Å²) in [6.07, 6.45) is 0. The Labute approximate surface area is 113 Å². The Kier molecular flexibility index (Phi) is 11.4. The molecule has 110 valence electrons. The van der Waals surface area contributed by atoms with E-state index in [-0.39, 0.29) is 19.7 Å². The zero-order valence-electron chi connectivity index (χ0n) is 10.9. The van der Waals surface area contributed by atoms with E-state index < -0.39 is 20.1 Å². The average Bonchev–Trinajstić information content (AvgIpc) is 2.30. The Morgan fingerprint density at radius 2 is 1.44 bits per heavy atom. The van der Waals surface area contributed by atoms with E-state index >= 15 is 0 Å². The lowest BCUT2D eigenvalue weighted by atomic mass is 10.5. The van der Waals surface area contributed by atoms with Gasteiger partial charge in [-0.3, -0.25) is 4.90 Å². The first-order chi connectivity index (χ1) is 8.61. The van der Waals surface area contributed by atoms with Crippen LogP contribution in [0.15, 0.2) is 0 Å². The summed E-state index contributed by atoms with van der Waals surface area (Å²) in [6.45, 7) is 1.77. The summed E-state index contributed by atoms with van der Waals surface area (Å²) in [6, 6.07) is 0. The van der Waals surface area contributed by atoms with Crippen molar-refractivity contribution in [3.05, 3.63) is 0 Å². The van der Waals surface area contributed by atoms with Crippen LogP contribution in [0.2, 0.25) is 0 Å². The quantitative estimate of drug-likeness (QED) is 0.517. The van der Waals surface area contributed by atoms with Crippen LogP contribution in [-0.2, 0) is 25.4 Å². The molecule has 0 fully saturated rings. The Balaban J connectivity index is 4.06. The van der Waals surface area contributed by atoms with Gasteiger partial charge in [0, 0.05) is 19.6 Å². The van der Waals surface area contributed by atoms with Crippen LogP contribution in [0.25, 0.3) is 0 Å². The fourth-order valence-electron chi connectivity index (χ4n) is 1.28. The second-order valence-electron chi connectivity index (χ2n) is 3.34. The summed E-state index contributed by atoms with van der Waals surface area (Å²) in [4.78, 5) is 1.64. The normalized spacial score (nSPS) is 12.3. The van der Waals surface area contributed by atoms with Gasteiger partial charge in [0.2, 0.25) is 0 Å². The molecule has 0 amide bonds. The molecule has 4 nitrogen and oxygen atoms in total. The van der Waals surface area contributed by atoms with E-state index in [2.05, 4.69) is 0 Å². The van der Waals surface area contributed by atoms with E-state index in [1.165, 1.54) is 0 Å². The minimum absolute atomic E-state index is 0.194. The van der Waals surface area contributed by atoms with Crippen molar-refractivity contribution in [2.24, 2.45) is 0 Å². The highest BCUT2D eigenvalue weighted by Crippen LogP contribution is 2.49. The molecule has 0 aromatic carbocycles. The molecule has 0 aliphatic carbocycles. The molecule has 18 heavy (non-hydrogen) atoms. The third-order valence-electron chi connectivity index (χ3n) is 2.03. The molecule has 0 unspecified atom stereocenters. The summed E-state index contributed by atoms with van der Waals surface area (Å²) < 4.78 is 40.4. The van der Waals surface area contributed by atoms with Gasteiger partial charge in [-0.25, -0.2) is 8.78 Å². The van der Waals surface area contributed by atoms with Crippen molar-refractivity contribution >= 4 is 18.5 Å². The molecule has 0 heterocycles. The van der Waals surface area contributed by atoms with Crippen molar-refractivity contribution in [1.82, 2.24) is 4.90 Å². The molecule has 0 aromatic heterocycles. The Hall–Kier alpha value is 0.350. The molecular formula is C10H22F2NO3PS. The molecule has 0 aliphatic heterocycles. The number of rotatable bonds is 12. The average molecular weight is 305 g/mol. The van der Waals surface area contributed by atoms with Crippen molar-refractivity contribution in [2.45, 2.75) is 13.8 Å². The fraction of sp³-hybridized carbons (Fsp3) is 1.00. The van der Waals surface area contributed by atoms with Crippen LogP contribution in [-0.4, -0.2) is 57.7 Å². The van der Waals surface area contributed by atoms with Gasteiger partial charge in [-0.05, 0) is 25.7 Å². The second kappa shape index (κ2) is 11.2. The topological polar surface area (TPSA) is 30.9 Å². The summed E-state index contributed by atoms with van der Waals surface area (Å²) >= 11 is 5.16. The molecule has 0 radical (unpaired) electrons. The summed E-state index contributed by atoms with van der Waals surface area (Å²) in [5, 5.41) is 0. The van der Waals surface area contributed by atoms with Crippen LogP contribution in [0.5, 0.6) is 0 Å². The van der Waals surface area contributed by atoms with Gasteiger partial charge in [0.05, 0.1) is 19.8 Å². The zero-order valence-corrected chi connectivity index (χ0v) is 12.7. The van der Waals surface area contributed by atoms with E-state index in [0.29, 0.717) is 19.8 Å². The summed E-state index contributed by atoms with van der Waals surface area (Å²) in [5.74, 6) is 0. The first kappa shape index (κ1) is 18.4. The van der Waals surface area contributed by atoms with E-state index in [1.54, 1.807) is 4.90 Å². The highest BCUT2D eigenvalue weighted by atomic mass is 32.5. The predicted molar refractivity (Wildman–Crippen MR) is 71.9 cm³/mol. The van der Waals surface area contributed by atoms with Crippen molar-refractivity contribution < 1.29 is 22.4 Å². The molecule has 0 saturated heterocycles. The third kappa shape index (κ3) is 8.45. The van der Waals surface area contributed by atoms with Gasteiger partial charge in [0.15, 0.2) is 0 Å². The summed E-state index contributed by atoms with van der Waals surface area (Å²) in [7, 11) is 0. The van der Waals surface area contributed by atoms with E-state index in [0.717, 1.165) is 0 Å². The van der Waals surface area contributed by atoms with Crippen LogP contribution in [0.4, 0.5) is 8.78 Å². The van der Waals surface area contributed by atoms with Gasteiger partial charge in [0.25, 0.3) is 0 Å². The molecule has 8 heteroatoms. The molecule has 0 atom stereocenters. The van der Waals surface area contributed by atoms with Gasteiger partial charge in [0.1, 0.15) is 13.3 Å². The van der Waals surface area contributed by atoms with Gasteiger partial charge >= 0.3 is 6.72 Å². The van der Waals surface area contributed by atoms with Crippen LogP contribution < -0.4 is 0 Å². The Morgan fingerprint density at radius 3 is 1.83 bits per heavy atom. The van der Waals surface area contributed by atoms with Crippen molar-refractivity contribution in [3.8, 4) is 0 Å². The van der Waals surface area contributed by atoms with Crippen molar-refractivity contribution in [3.63, 3.8) is 0 Å². The van der Waals surface area contributed by atoms with E-state index in [9.17, 15) is 8.78 Å². The smallest absolute Gasteiger partial charge is 0.309 e. The Morgan fingerprint density at radius 1 is 0.944 bits per heavy atom. The second-order valence-corrected chi connectivity index (χ2v) is 6.35. The van der Waals surface area contributed by atoms with Crippen molar-refractivity contribution in [1.29, 1.82) is 0 Å². The number of alkyl halides is 2. The SMILES string of the molecule is CCOP(=S)(OCC)OCCN(CCF)CCF. The van der Waals surface area contributed by atoms with Gasteiger partial charge in [-0.15, -0.1) is 0 Å². The maximum Gasteiger partial charge on any atom is 0.327 e. The predicted octanol–water partition coefficient (Wildman–Crippen LogP) is 2.54. The monoisotopic (exact) mass is 305 g/mol. The third-order valence-corrected chi connectivity index (χ3v) is 4.63. The van der Waals surface area contributed by atoms with Crippen LogP contribution in [0.1, 0.15) is 13.8 Å². The zero-order chi connectivity index (χ0) is 13.9. The molecule has 0 N–H and O–H groups in total. The number of halogens is 2. The molecule has 0 rings (SSSR count). The van der Waals surface area contributed by atoms with E-state index in [4.69, 9.17) is 25.4 Å². The molecular weight excluding hydrogens is 283 g/mol. The maximum absolute atomic E-state index is 12.2. The minimum atomic E-state index is -2.69. The Bertz CT molecular complexity index is 233. The van der Waals surface area contributed by atoms with Crippen LogP contribution in [0, 0.1) is 0 Å². The highest BCUT2D eigenvalue weighted by Gasteiger charge is 2.19. The lowest BCUT2D eigenvalue weighted by Gasteiger charge is -2.23. The molecule has 0 spiro atoms. The van der Waals surface area contributed by atoms with Gasteiger partial charge < -0.3 is 13.6 Å². The number of hydrogen-bond donors (Lipinski definition) is 0. The van der Waals surface area contributed by atoms with Crippen molar-refractivity contribution in [2.75, 3.05) is 52.8 Å². The lowest BCUT2D eigenvalue weighted by Crippen LogP contribution is -2.31. The first-order valence-electron chi connectivity index (χ1n) is 5.99. The largest absolute Gasteiger partial charge is 0.327 e. The standard InChI is InChI=1S/C10H22F2NO3PS/c1-3-14-17(18,15-4-2)16-10-9-13(7-5-11)8-6-12/h3-10H2,1-2H3. The molecule has 0 aliphatic rings. The maximum atomic E-state index is 12.2. The van der Waals surface area contributed by atoms with E-state index in [1.807, 2.05) is 13.8 Å². The molecule has 0 aromatic rings. The van der Waals surface area contributed by atoms with Gasteiger partial charge in [-0.1, -0.05) is 0 Å². The summed E-state index contributed by atoms with van der Waals surface area (Å²) in [5.41, 5.74) is 0. The molecule has 0 bridgehead atoms. The fourth-order valence-corrected chi connectivity index (χ4v) is 3.30. The first-order valence-corrected chi connectivity index (χ1v) is 8.55.